The Morgan fingerprint density at radius 1 is 1.32 bits per heavy atom. The van der Waals surface area contributed by atoms with Crippen LogP contribution >= 0.6 is 0 Å². The summed E-state index contributed by atoms with van der Waals surface area (Å²) >= 11 is 0. The number of rotatable bonds is 2. The molecule has 4 aliphatic rings. The molecule has 0 amide bonds. The topological polar surface area (TPSA) is 57.2 Å². The lowest BCUT2D eigenvalue weighted by molar-refractivity contribution is -0.147. The van der Waals surface area contributed by atoms with Crippen LogP contribution in [0, 0.1) is 0 Å². The van der Waals surface area contributed by atoms with Crippen molar-refractivity contribution < 1.29 is 23.7 Å². The average Bonchev–Trinajstić information content (AvgIpc) is 3.13. The van der Waals surface area contributed by atoms with Crippen molar-refractivity contribution >= 4 is 5.97 Å². The van der Waals surface area contributed by atoms with Crippen molar-refractivity contribution in [2.75, 3.05) is 20.4 Å². The number of ether oxygens (including phenoxy) is 4. The van der Waals surface area contributed by atoms with Crippen molar-refractivity contribution in [1.82, 2.24) is 4.90 Å². The van der Waals surface area contributed by atoms with Crippen LogP contribution in [0.15, 0.2) is 24.3 Å². The van der Waals surface area contributed by atoms with Gasteiger partial charge in [-0.15, -0.1) is 0 Å². The summed E-state index contributed by atoms with van der Waals surface area (Å²) in [6, 6.07) is 4.41. The largest absolute Gasteiger partial charge is 0.460 e. The van der Waals surface area contributed by atoms with E-state index in [1.807, 2.05) is 0 Å². The van der Waals surface area contributed by atoms with Crippen molar-refractivity contribution in [3.63, 3.8) is 0 Å². The first-order chi connectivity index (χ1) is 12.1. The van der Waals surface area contributed by atoms with Crippen LogP contribution in [0.4, 0.5) is 0 Å². The highest BCUT2D eigenvalue weighted by Gasteiger charge is 2.60. The predicted molar refractivity (Wildman–Crippen MR) is 88.5 cm³/mol. The Morgan fingerprint density at radius 3 is 2.88 bits per heavy atom. The van der Waals surface area contributed by atoms with Gasteiger partial charge in [-0.3, -0.25) is 9.69 Å². The molecule has 1 aliphatic carbocycles. The number of hydrogen-bond acceptors (Lipinski definition) is 6. The van der Waals surface area contributed by atoms with Crippen LogP contribution in [0.25, 0.3) is 0 Å². The highest BCUT2D eigenvalue weighted by molar-refractivity contribution is 5.67. The van der Waals surface area contributed by atoms with Crippen LogP contribution in [-0.2, 0) is 26.2 Å². The summed E-state index contributed by atoms with van der Waals surface area (Å²) in [6.45, 7) is 3.29. The second kappa shape index (κ2) is 5.22. The normalized spacial score (nSPS) is 36.7. The molecule has 132 valence electrons. The lowest BCUT2D eigenvalue weighted by Gasteiger charge is -2.46. The zero-order chi connectivity index (χ0) is 17.2. The van der Waals surface area contributed by atoms with E-state index < -0.39 is 0 Å². The Labute approximate surface area is 146 Å². The molecule has 0 N–H and O–H groups in total. The van der Waals surface area contributed by atoms with Crippen molar-refractivity contribution in [3.8, 4) is 11.5 Å². The molecule has 6 nitrogen and oxygen atoms in total. The monoisotopic (exact) mass is 343 g/mol. The Kier molecular flexibility index (Phi) is 3.18. The zero-order valence-corrected chi connectivity index (χ0v) is 14.4. The molecular weight excluding hydrogens is 322 g/mol. The molecule has 0 aromatic heterocycles. The van der Waals surface area contributed by atoms with Gasteiger partial charge < -0.3 is 18.9 Å². The molecule has 1 aromatic carbocycles. The number of carbonyl (C=O) groups is 1. The molecule has 0 spiro atoms. The first kappa shape index (κ1) is 15.2. The van der Waals surface area contributed by atoms with Crippen LogP contribution in [0.3, 0.4) is 0 Å². The molecule has 3 aliphatic heterocycles. The van der Waals surface area contributed by atoms with Gasteiger partial charge in [-0.05, 0) is 29.7 Å². The molecule has 25 heavy (non-hydrogen) atoms. The predicted octanol–water partition coefficient (Wildman–Crippen LogP) is 1.76. The molecule has 3 heterocycles. The van der Waals surface area contributed by atoms with E-state index in [1.165, 1.54) is 18.1 Å². The third kappa shape index (κ3) is 2.01. The maximum absolute atomic E-state index is 11.7. The van der Waals surface area contributed by atoms with Crippen molar-refractivity contribution in [3.05, 3.63) is 35.4 Å². The highest BCUT2D eigenvalue weighted by atomic mass is 16.7. The van der Waals surface area contributed by atoms with Gasteiger partial charge in [0.25, 0.3) is 0 Å². The first-order valence-electron chi connectivity index (χ1n) is 8.68. The minimum Gasteiger partial charge on any atom is -0.460 e. The molecule has 4 unspecified atom stereocenters. The first-order valence-corrected chi connectivity index (χ1v) is 8.68. The molecule has 1 fully saturated rings. The van der Waals surface area contributed by atoms with E-state index in [0.29, 0.717) is 0 Å². The van der Waals surface area contributed by atoms with Gasteiger partial charge in [-0.25, -0.2) is 0 Å². The van der Waals surface area contributed by atoms with E-state index in [0.717, 1.165) is 31.0 Å². The Bertz CT molecular complexity index is 775. The lowest BCUT2D eigenvalue weighted by atomic mass is 9.65. The van der Waals surface area contributed by atoms with E-state index in [2.05, 4.69) is 29.2 Å². The zero-order valence-electron chi connectivity index (χ0n) is 14.4. The van der Waals surface area contributed by atoms with Gasteiger partial charge in [0, 0.05) is 33.2 Å². The van der Waals surface area contributed by atoms with E-state index in [-0.39, 0.29) is 36.4 Å². The van der Waals surface area contributed by atoms with Crippen LogP contribution in [-0.4, -0.2) is 49.6 Å². The second-order valence-corrected chi connectivity index (χ2v) is 7.21. The van der Waals surface area contributed by atoms with Gasteiger partial charge in [-0.1, -0.05) is 12.2 Å². The molecule has 5 atom stereocenters. The van der Waals surface area contributed by atoms with E-state index in [4.69, 9.17) is 18.9 Å². The maximum Gasteiger partial charge on any atom is 0.302 e. The highest BCUT2D eigenvalue weighted by Crippen LogP contribution is 2.54. The van der Waals surface area contributed by atoms with E-state index in [9.17, 15) is 4.79 Å². The smallest absolute Gasteiger partial charge is 0.302 e. The summed E-state index contributed by atoms with van der Waals surface area (Å²) in [4.78, 5) is 14.2. The third-order valence-electron chi connectivity index (χ3n) is 6.02. The van der Waals surface area contributed by atoms with Crippen molar-refractivity contribution in [1.29, 1.82) is 0 Å². The van der Waals surface area contributed by atoms with Crippen LogP contribution in [0.1, 0.15) is 24.5 Å². The van der Waals surface area contributed by atoms with Crippen molar-refractivity contribution in [2.24, 2.45) is 0 Å². The summed E-state index contributed by atoms with van der Waals surface area (Å²) in [5.41, 5.74) is 2.05. The molecule has 1 saturated heterocycles. The summed E-state index contributed by atoms with van der Waals surface area (Å²) < 4.78 is 22.5. The Hall–Kier alpha value is -2.05. The summed E-state index contributed by atoms with van der Waals surface area (Å²) in [5, 5.41) is 0. The van der Waals surface area contributed by atoms with Gasteiger partial charge in [-0.2, -0.15) is 0 Å². The maximum atomic E-state index is 11.7. The standard InChI is InChI=1S/C19H21NO5/c1-11(21)25-18-9-20-8-12-5-15-16(24-10-23-15)7-14(12)19(18)4-3-13(22-2)6-17(19)20/h3-5,7,13,17-18H,6,8-10H2,1-2H3/t13-,17?,18?,19?/m1/s1. The molecule has 0 radical (unpaired) electrons. The van der Waals surface area contributed by atoms with Gasteiger partial charge in [0.2, 0.25) is 6.79 Å². The van der Waals surface area contributed by atoms with Crippen LogP contribution in [0.2, 0.25) is 0 Å². The fraction of sp³-hybridized carbons (Fsp3) is 0.526. The van der Waals surface area contributed by atoms with Gasteiger partial charge in [0.15, 0.2) is 11.5 Å². The average molecular weight is 343 g/mol. The quantitative estimate of drug-likeness (QED) is 0.602. The third-order valence-corrected chi connectivity index (χ3v) is 6.02. The van der Waals surface area contributed by atoms with Crippen LogP contribution in [0.5, 0.6) is 11.5 Å². The van der Waals surface area contributed by atoms with Crippen LogP contribution < -0.4 is 9.47 Å². The number of benzene rings is 1. The SMILES string of the molecule is CO[C@@H]1C=CC23c4cc5c(cc4CN(CC2OC(C)=O)C3C1)OCO5. The van der Waals surface area contributed by atoms with Gasteiger partial charge >= 0.3 is 5.97 Å². The van der Waals surface area contributed by atoms with Crippen molar-refractivity contribution in [2.45, 2.75) is 43.6 Å². The molecular formula is C19H21NO5. The Morgan fingerprint density at radius 2 is 2.12 bits per heavy atom. The fourth-order valence-electron chi connectivity index (χ4n) is 5.00. The second-order valence-electron chi connectivity index (χ2n) is 7.21. The fourth-order valence-corrected chi connectivity index (χ4v) is 5.00. The molecule has 5 rings (SSSR count). The number of hydrogen-bond donors (Lipinski definition) is 0. The number of esters is 1. The number of nitrogens with zero attached hydrogens (tertiary/aromatic N) is 1. The minimum absolute atomic E-state index is 0.0901. The van der Waals surface area contributed by atoms with E-state index in [1.54, 1.807) is 7.11 Å². The summed E-state index contributed by atoms with van der Waals surface area (Å²) in [7, 11) is 1.74. The van der Waals surface area contributed by atoms with E-state index >= 15 is 0 Å². The summed E-state index contributed by atoms with van der Waals surface area (Å²) in [6.07, 6.45) is 5.08. The lowest BCUT2D eigenvalue weighted by Crippen LogP contribution is -2.52. The van der Waals surface area contributed by atoms with Gasteiger partial charge in [0.05, 0.1) is 11.5 Å². The minimum atomic E-state index is -0.352. The molecule has 1 aromatic rings. The molecule has 2 bridgehead atoms. The number of methoxy groups -OCH3 is 1. The Balaban J connectivity index is 1.69. The number of carbonyl (C=O) groups excluding carboxylic acids is 1. The molecule has 0 saturated carbocycles. The summed E-state index contributed by atoms with van der Waals surface area (Å²) in [5.74, 6) is 1.33. The molecule has 6 heteroatoms. The number of fused-ring (bicyclic) bond motifs is 2. The van der Waals surface area contributed by atoms with Gasteiger partial charge in [0.1, 0.15) is 6.10 Å².